The minimum absolute atomic E-state index is 0.0114. The summed E-state index contributed by atoms with van der Waals surface area (Å²) in [5, 5.41) is 9.85. The molecule has 11 aromatic carbocycles. The van der Waals surface area contributed by atoms with Crippen molar-refractivity contribution in [2.75, 3.05) is 0 Å². The van der Waals surface area contributed by atoms with Gasteiger partial charge < -0.3 is 0 Å². The Balaban J connectivity index is 0.000000123. The first-order valence-electron chi connectivity index (χ1n) is 46.8. The topological polar surface area (TPSA) is 84.2 Å². The fourth-order valence-corrected chi connectivity index (χ4v) is 18.5. The lowest BCUT2D eigenvalue weighted by Crippen LogP contribution is -2.24. The van der Waals surface area contributed by atoms with Crippen molar-refractivity contribution in [3.05, 3.63) is 391 Å². The molecule has 9 aromatic heterocycles. The largest absolute Gasteiger partial charge is 0.294 e. The van der Waals surface area contributed by atoms with Crippen LogP contribution in [0.25, 0.3) is 144 Å². The molecule has 0 radical (unpaired) electrons. The average molecular weight is 1690 g/mol. The monoisotopic (exact) mass is 1690 g/mol. The van der Waals surface area contributed by atoms with Gasteiger partial charge in [-0.25, -0.2) is 15.0 Å². The van der Waals surface area contributed by atoms with Crippen LogP contribution < -0.4 is 0 Å². The number of nitrogens with zero attached hydrogens (tertiary/aromatic N) is 9. The summed E-state index contributed by atoms with van der Waals surface area (Å²) in [6.45, 7) is 45.3. The zero-order chi connectivity index (χ0) is 93.8. The minimum atomic E-state index is -1.52. The molecule has 20 aromatic rings. The molecule has 0 fully saturated rings. The molecule has 9 heterocycles. The van der Waals surface area contributed by atoms with Gasteiger partial charge in [0.15, 0.2) is 0 Å². The highest BCUT2D eigenvalue weighted by molar-refractivity contribution is 6.12. The van der Waals surface area contributed by atoms with Gasteiger partial charge in [0.2, 0.25) is 0 Å². The van der Waals surface area contributed by atoms with E-state index in [0.717, 1.165) is 56.7 Å². The van der Waals surface area contributed by atoms with E-state index >= 15 is 0 Å². The van der Waals surface area contributed by atoms with E-state index in [4.69, 9.17) is 19.1 Å². The number of aromatic nitrogens is 9. The highest BCUT2D eigenvalue weighted by atomic mass is 15.1. The summed E-state index contributed by atoms with van der Waals surface area (Å²) in [6.07, 6.45) is 6.29. The molecular formula is C120H123N9. The molecule has 0 unspecified atom stereocenters. The van der Waals surface area contributed by atoms with Crippen LogP contribution in [0.4, 0.5) is 0 Å². The number of hydrogen-bond acceptors (Lipinski definition) is 5. The van der Waals surface area contributed by atoms with Crippen LogP contribution in [0.5, 0.6) is 0 Å². The number of para-hydroxylation sites is 8. The van der Waals surface area contributed by atoms with E-state index in [1.165, 1.54) is 126 Å². The Morgan fingerprint density at radius 2 is 0.543 bits per heavy atom. The smallest absolute Gasteiger partial charge is 0.143 e. The van der Waals surface area contributed by atoms with Crippen LogP contribution in [0.1, 0.15) is 200 Å². The summed E-state index contributed by atoms with van der Waals surface area (Å²) < 4.78 is 34.1. The number of benzene rings is 11. The van der Waals surface area contributed by atoms with E-state index < -0.39 is 12.3 Å². The molecule has 0 bridgehead atoms. The summed E-state index contributed by atoms with van der Waals surface area (Å²) in [5.41, 5.74) is 25.0. The first kappa shape index (κ1) is 84.8. The standard InChI is InChI=1S/C33H27N3.C27H24N2.C23H24N2.C21H21N.C16H27N/c1-33(2,3)26-20-21-31(35-27-16-8-4-12-22(27)23-13-5-9-17-28(23)35)34-32(26)36-29-18-10-6-14-24(29)25-15-7-11-19-30(25)36;1-27(2,3)22-17-18-25(28-26(22)19-11-5-4-6-12-19)29-23-15-9-7-13-20(23)21-14-8-10-16-24(21)29;1-5-19-18(23(2,3)4)14-15-22(24-19)25-20-12-8-6-10-16(20)17-11-7-9-13-21(17)25;1-21(2,3)20-18(16-10-6-4-7-11-16)14-22-15-19(20)17-12-8-5-9-13-17;1-11(2)12-9-17-10-13(15(3,4)5)14(12)16(6,7)8/h4-21H,1-3H3;4-18H,1-3H3;6-15H,5H2,1-4H3;4-15H,1-3H3;9-11H,1-8H3/i;;5D2;;11D. The normalized spacial score (nSPS) is 12.7. The Morgan fingerprint density at radius 1 is 0.264 bits per heavy atom. The molecule has 9 nitrogen and oxygen atoms in total. The highest BCUT2D eigenvalue weighted by Crippen LogP contribution is 2.45. The summed E-state index contributed by atoms with van der Waals surface area (Å²) in [4.78, 5) is 24.4. The van der Waals surface area contributed by atoms with Gasteiger partial charge in [-0.05, 0) is 156 Å². The van der Waals surface area contributed by atoms with E-state index in [1.807, 2.05) is 75.0 Å². The van der Waals surface area contributed by atoms with Crippen molar-refractivity contribution in [1.82, 2.24) is 43.2 Å². The second-order valence-electron chi connectivity index (χ2n) is 40.2. The molecule has 0 saturated carbocycles. The molecule has 0 amide bonds. The van der Waals surface area contributed by atoms with Crippen molar-refractivity contribution in [2.45, 2.75) is 190 Å². The number of hydrogen-bond donors (Lipinski definition) is 0. The zero-order valence-electron chi connectivity index (χ0n) is 81.9. The first-order valence-corrected chi connectivity index (χ1v) is 45.3. The lowest BCUT2D eigenvalue weighted by molar-refractivity contribution is 0.518. The highest BCUT2D eigenvalue weighted by Gasteiger charge is 2.32. The number of rotatable bonds is 9. The molecule has 20 rings (SSSR count). The lowest BCUT2D eigenvalue weighted by Gasteiger charge is -2.32. The van der Waals surface area contributed by atoms with Crippen molar-refractivity contribution >= 4 is 87.2 Å². The molecule has 0 aliphatic rings. The van der Waals surface area contributed by atoms with E-state index in [9.17, 15) is 0 Å². The number of pyridine rings is 5. The fraction of sp³-hybridized carbons (Fsp3) is 0.242. The van der Waals surface area contributed by atoms with Gasteiger partial charge in [0, 0.05) is 99.9 Å². The van der Waals surface area contributed by atoms with Gasteiger partial charge in [0.1, 0.15) is 23.3 Å². The van der Waals surface area contributed by atoms with Gasteiger partial charge in [0.25, 0.3) is 0 Å². The van der Waals surface area contributed by atoms with Crippen LogP contribution in [0.2, 0.25) is 0 Å². The number of aryl methyl sites for hydroxylation is 1. The second kappa shape index (κ2) is 35.9. The van der Waals surface area contributed by atoms with Crippen LogP contribution in [0, 0.1) is 0 Å². The van der Waals surface area contributed by atoms with Crippen molar-refractivity contribution < 1.29 is 4.11 Å². The molecule has 0 N–H and O–H groups in total. The second-order valence-corrected chi connectivity index (χ2v) is 40.2. The Hall–Kier alpha value is -13.6. The van der Waals surface area contributed by atoms with Crippen molar-refractivity contribution in [1.29, 1.82) is 0 Å². The van der Waals surface area contributed by atoms with Gasteiger partial charge in [-0.2, -0.15) is 0 Å². The molecule has 0 aliphatic carbocycles. The third-order valence-corrected chi connectivity index (χ3v) is 24.5. The summed E-state index contributed by atoms with van der Waals surface area (Å²) in [7, 11) is 0. The summed E-state index contributed by atoms with van der Waals surface area (Å²) >= 11 is 0. The maximum Gasteiger partial charge on any atom is 0.143 e. The van der Waals surface area contributed by atoms with E-state index in [-0.39, 0.29) is 32.5 Å². The molecule has 0 atom stereocenters. The first-order chi connectivity index (χ1) is 62.7. The van der Waals surface area contributed by atoms with Gasteiger partial charge in [-0.1, -0.05) is 400 Å². The summed E-state index contributed by atoms with van der Waals surface area (Å²) in [5.74, 6) is 3.00. The van der Waals surface area contributed by atoms with Gasteiger partial charge in [-0.15, -0.1) is 0 Å². The van der Waals surface area contributed by atoms with Gasteiger partial charge in [-0.3, -0.25) is 28.2 Å². The minimum Gasteiger partial charge on any atom is -0.294 e. The van der Waals surface area contributed by atoms with Crippen LogP contribution in [0.15, 0.2) is 346 Å². The Kier molecular flexibility index (Phi) is 23.6. The zero-order valence-corrected chi connectivity index (χ0v) is 78.9. The number of fused-ring (bicyclic) bond motifs is 12. The Bertz CT molecular complexity index is 7280. The van der Waals surface area contributed by atoms with E-state index in [0.29, 0.717) is 5.69 Å². The SMILES string of the molecule is CC(C)(C)c1c(-c2ccccc2)cncc1-c1ccccc1.CC(C)(C)c1ccc(-n2c3ccccc3c3ccccc32)nc1-c1ccccc1.CC(C)(C)c1ccc(-n2c3ccccc3c3ccccc32)nc1-n1c2ccccc2c2ccccc21.[2H]C(C)(C)c1cncc(C(C)(C)C)c1C(C)(C)C.[2H]C([2H])(C)c1nc(-n2c3ccccc3c3ccccc32)ccc1C(C)(C)C. The van der Waals surface area contributed by atoms with Crippen molar-refractivity contribution in [2.24, 2.45) is 0 Å². The molecule has 129 heavy (non-hydrogen) atoms. The Morgan fingerprint density at radius 3 is 0.860 bits per heavy atom. The molecule has 648 valence electrons. The maximum absolute atomic E-state index is 8.35. The molecule has 0 aliphatic heterocycles. The van der Waals surface area contributed by atoms with E-state index in [1.54, 1.807) is 6.92 Å². The van der Waals surface area contributed by atoms with Crippen molar-refractivity contribution in [3.63, 3.8) is 0 Å². The third kappa shape index (κ3) is 18.0. The van der Waals surface area contributed by atoms with Crippen LogP contribution >= 0.6 is 0 Å². The van der Waals surface area contributed by atoms with Crippen molar-refractivity contribution in [3.8, 4) is 56.8 Å². The molecule has 9 heteroatoms. The summed E-state index contributed by atoms with van der Waals surface area (Å²) in [6, 6.07) is 113. The molecular weight excluding hydrogens is 1570 g/mol. The predicted molar refractivity (Wildman–Crippen MR) is 551 cm³/mol. The maximum atomic E-state index is 8.35. The van der Waals surface area contributed by atoms with E-state index in [2.05, 4.69) is 438 Å². The average Bonchev–Trinajstić information content (AvgIpc) is 1.59. The third-order valence-electron chi connectivity index (χ3n) is 24.5. The molecule has 0 spiro atoms. The van der Waals surface area contributed by atoms with Crippen LogP contribution in [0.3, 0.4) is 0 Å². The van der Waals surface area contributed by atoms with Crippen LogP contribution in [-0.4, -0.2) is 43.2 Å². The quantitative estimate of drug-likeness (QED) is 0.144. The predicted octanol–water partition coefficient (Wildman–Crippen LogP) is 32.3. The Labute approximate surface area is 767 Å². The molecule has 0 saturated heterocycles. The lowest BCUT2D eigenvalue weighted by atomic mass is 9.73. The van der Waals surface area contributed by atoms with Gasteiger partial charge in [0.05, 0.1) is 49.8 Å². The van der Waals surface area contributed by atoms with Gasteiger partial charge >= 0.3 is 0 Å². The fourth-order valence-electron chi connectivity index (χ4n) is 18.5. The van der Waals surface area contributed by atoms with Crippen LogP contribution in [-0.2, 0) is 38.9 Å².